The molecule has 7 rings (SSSR count). The quantitative estimate of drug-likeness (QED) is 0.108. The second-order valence-corrected chi connectivity index (χ2v) is 16.6. The van der Waals surface area contributed by atoms with E-state index < -0.39 is 12.1 Å². The fraction of sp³-hybridized carbons (Fsp3) is 0.396. The molecule has 0 unspecified atom stereocenters. The number of nitrogens with one attached hydrogen (secondary N) is 1. The molecule has 322 valence electrons. The average Bonchev–Trinajstić information content (AvgIpc) is 3.83. The summed E-state index contributed by atoms with van der Waals surface area (Å²) in [5.74, 6) is -0.862. The van der Waals surface area contributed by atoms with Crippen molar-refractivity contribution in [3.8, 4) is 22.4 Å². The number of carbonyl (C=O) groups excluding carboxylic acids is 2. The van der Waals surface area contributed by atoms with E-state index in [2.05, 4.69) is 74.4 Å². The molecule has 0 saturated carbocycles. The van der Waals surface area contributed by atoms with Gasteiger partial charge in [-0.3, -0.25) is 9.59 Å². The van der Waals surface area contributed by atoms with E-state index >= 15 is 0 Å². The van der Waals surface area contributed by atoms with Gasteiger partial charge in [0.2, 0.25) is 5.91 Å². The van der Waals surface area contributed by atoms with Gasteiger partial charge < -0.3 is 20.2 Å². The highest BCUT2D eigenvalue weighted by Crippen LogP contribution is 2.29. The van der Waals surface area contributed by atoms with Gasteiger partial charge in [-0.05, 0) is 127 Å². The molecule has 4 aromatic carbocycles. The van der Waals surface area contributed by atoms with E-state index in [0.29, 0.717) is 19.5 Å². The highest BCUT2D eigenvalue weighted by Gasteiger charge is 2.38. The highest BCUT2D eigenvalue weighted by molar-refractivity contribution is 7.03. The van der Waals surface area contributed by atoms with Gasteiger partial charge >= 0.3 is 12.1 Å². The third kappa shape index (κ3) is 14.1. The molecular formula is C48H54F3N5O4S. The van der Waals surface area contributed by atoms with Gasteiger partial charge in [0.15, 0.2) is 0 Å². The Labute approximate surface area is 360 Å². The smallest absolute Gasteiger partial charge is 0.475 e. The summed E-state index contributed by atoms with van der Waals surface area (Å²) in [5, 5.41) is 16.8. The van der Waals surface area contributed by atoms with Crippen LogP contribution in [-0.4, -0.2) is 74.6 Å². The van der Waals surface area contributed by atoms with Gasteiger partial charge in [0, 0.05) is 49.1 Å². The predicted octanol–water partition coefficient (Wildman–Crippen LogP) is 10.1. The van der Waals surface area contributed by atoms with Gasteiger partial charge in [0.05, 0.1) is 0 Å². The van der Waals surface area contributed by atoms with Crippen molar-refractivity contribution in [1.29, 1.82) is 0 Å². The monoisotopic (exact) mass is 853 g/mol. The molecule has 61 heavy (non-hydrogen) atoms. The van der Waals surface area contributed by atoms with Crippen molar-refractivity contribution in [3.63, 3.8) is 0 Å². The Bertz CT molecular complexity index is 2150. The number of benzene rings is 4. The van der Waals surface area contributed by atoms with E-state index in [1.807, 2.05) is 58.8 Å². The van der Waals surface area contributed by atoms with Crippen molar-refractivity contribution in [1.82, 2.24) is 24.7 Å². The third-order valence-corrected chi connectivity index (χ3v) is 12.1. The maximum absolute atomic E-state index is 13.9. The van der Waals surface area contributed by atoms with Crippen LogP contribution in [0.5, 0.6) is 0 Å². The zero-order chi connectivity index (χ0) is 43.0. The van der Waals surface area contributed by atoms with E-state index in [4.69, 9.17) is 9.90 Å². The maximum Gasteiger partial charge on any atom is 0.490 e. The van der Waals surface area contributed by atoms with Crippen LogP contribution in [0.2, 0.25) is 0 Å². The Kier molecular flexibility index (Phi) is 16.6. The minimum atomic E-state index is -5.08. The van der Waals surface area contributed by atoms with E-state index in [1.165, 1.54) is 62.3 Å². The van der Waals surface area contributed by atoms with Gasteiger partial charge in [0.1, 0.15) is 5.69 Å². The number of carboxylic acid groups (broad SMARTS) is 1. The number of piperidine rings is 2. The molecule has 2 amide bonds. The zero-order valence-corrected chi connectivity index (χ0v) is 35.2. The molecule has 5 aromatic rings. The van der Waals surface area contributed by atoms with Gasteiger partial charge in [0.25, 0.3) is 5.91 Å². The number of nitrogens with zero attached hydrogens (tertiary/aromatic N) is 4. The van der Waals surface area contributed by atoms with E-state index in [9.17, 15) is 22.8 Å². The second kappa shape index (κ2) is 22.4. The molecule has 3 heterocycles. The number of aromatic nitrogens is 2. The van der Waals surface area contributed by atoms with Gasteiger partial charge in [-0.15, -0.1) is 5.10 Å². The molecule has 2 aliphatic heterocycles. The molecule has 2 N–H and O–H groups in total. The topological polar surface area (TPSA) is 116 Å². The van der Waals surface area contributed by atoms with Crippen molar-refractivity contribution in [2.45, 2.75) is 83.5 Å². The second-order valence-electron chi connectivity index (χ2n) is 16.0. The molecule has 0 bridgehead atoms. The number of amides is 2. The Morgan fingerprint density at radius 1 is 0.738 bits per heavy atom. The Hall–Kier alpha value is -5.40. The van der Waals surface area contributed by atoms with E-state index in [1.54, 1.807) is 0 Å². The Balaban J connectivity index is 0.000000819. The number of likely N-dealkylation sites (tertiary alicyclic amines) is 1. The molecule has 2 aliphatic rings. The molecule has 2 saturated heterocycles. The molecule has 9 nitrogen and oxygen atoms in total. The summed E-state index contributed by atoms with van der Waals surface area (Å²) in [6, 6.07) is 35.1. The molecule has 0 spiro atoms. The lowest BCUT2D eigenvalue weighted by molar-refractivity contribution is -0.192. The van der Waals surface area contributed by atoms with E-state index in [0.717, 1.165) is 89.7 Å². The molecule has 1 aromatic heterocycles. The molecule has 0 aliphatic carbocycles. The number of carbonyl (C=O) groups is 3. The summed E-state index contributed by atoms with van der Waals surface area (Å²) < 4.78 is 35.8. The standard InChI is InChI=1S/C46H53N5O2S.C2HF3O2/c52-45(20-7-13-35-9-2-1-3-10-35)51(33-39-15-6-18-42(30-39)44-34-54-49-48-44)32-38-14-5-16-40(29-38)41-17-8-19-43(31-41)46(53)50-27-23-37(24-28-50)12-4-11-36-21-25-47-26-22-36;3-2(4,5)1(6)7/h1-3,5-6,8-10,14-19,29-31,34,36-37,47H,4,7,11-13,20-28,32-33H2;(H,6,7). The zero-order valence-electron chi connectivity index (χ0n) is 34.4. The van der Waals surface area contributed by atoms with Crippen molar-refractivity contribution >= 4 is 29.3 Å². The first-order valence-electron chi connectivity index (χ1n) is 21.2. The van der Waals surface area contributed by atoms with Crippen LogP contribution in [0, 0.1) is 11.8 Å². The molecule has 0 atom stereocenters. The number of alkyl halides is 3. The summed E-state index contributed by atoms with van der Waals surface area (Å²) in [6.07, 6.45) is 5.89. The molecule has 13 heteroatoms. The van der Waals surface area contributed by atoms with Crippen LogP contribution >= 0.6 is 11.5 Å². The average molecular weight is 854 g/mol. The lowest BCUT2D eigenvalue weighted by Crippen LogP contribution is -2.38. The van der Waals surface area contributed by atoms with Crippen molar-refractivity contribution in [3.05, 3.63) is 131 Å². The lowest BCUT2D eigenvalue weighted by Gasteiger charge is -2.32. The lowest BCUT2D eigenvalue weighted by atomic mass is 9.87. The van der Waals surface area contributed by atoms with E-state index in [-0.39, 0.29) is 11.8 Å². The number of hydrogen-bond acceptors (Lipinski definition) is 7. The van der Waals surface area contributed by atoms with Crippen LogP contribution in [0.15, 0.2) is 109 Å². The van der Waals surface area contributed by atoms with Gasteiger partial charge in [-0.2, -0.15) is 13.2 Å². The normalized spacial score (nSPS) is 14.8. The molecule has 2 fully saturated rings. The van der Waals surface area contributed by atoms with Crippen molar-refractivity contribution < 1.29 is 32.7 Å². The fourth-order valence-corrected chi connectivity index (χ4v) is 8.66. The number of halogens is 3. The first-order valence-corrected chi connectivity index (χ1v) is 22.0. The van der Waals surface area contributed by atoms with Crippen LogP contribution in [0.4, 0.5) is 13.2 Å². The largest absolute Gasteiger partial charge is 0.490 e. The van der Waals surface area contributed by atoms with Crippen LogP contribution in [-0.2, 0) is 29.1 Å². The fourth-order valence-electron chi connectivity index (χ4n) is 8.19. The van der Waals surface area contributed by atoms with Crippen molar-refractivity contribution in [2.75, 3.05) is 26.2 Å². The number of hydrogen-bond donors (Lipinski definition) is 2. The maximum atomic E-state index is 13.9. The first kappa shape index (κ1) is 45.1. The minimum absolute atomic E-state index is 0.129. The number of rotatable bonds is 15. The number of aliphatic carboxylic acids is 1. The van der Waals surface area contributed by atoms with Gasteiger partial charge in [-0.1, -0.05) is 103 Å². The Morgan fingerprint density at radius 2 is 1.31 bits per heavy atom. The summed E-state index contributed by atoms with van der Waals surface area (Å²) >= 11 is 1.33. The first-order chi connectivity index (χ1) is 29.5. The van der Waals surface area contributed by atoms with Crippen LogP contribution in [0.1, 0.15) is 84.8 Å². The van der Waals surface area contributed by atoms with Crippen molar-refractivity contribution in [2.24, 2.45) is 11.8 Å². The summed E-state index contributed by atoms with van der Waals surface area (Å²) in [6.45, 7) is 5.03. The molecule has 0 radical (unpaired) electrons. The predicted molar refractivity (Wildman–Crippen MR) is 233 cm³/mol. The summed E-state index contributed by atoms with van der Waals surface area (Å²) in [5.41, 5.74) is 8.01. The number of aryl methyl sites for hydroxylation is 1. The minimum Gasteiger partial charge on any atom is -0.475 e. The Morgan fingerprint density at radius 3 is 1.93 bits per heavy atom. The van der Waals surface area contributed by atoms with Crippen LogP contribution in [0.25, 0.3) is 22.4 Å². The summed E-state index contributed by atoms with van der Waals surface area (Å²) in [4.78, 5) is 40.5. The van der Waals surface area contributed by atoms with Gasteiger partial charge in [-0.25, -0.2) is 4.79 Å². The highest BCUT2D eigenvalue weighted by atomic mass is 32.1. The third-order valence-electron chi connectivity index (χ3n) is 11.6. The van der Waals surface area contributed by atoms with Crippen LogP contribution < -0.4 is 5.32 Å². The summed E-state index contributed by atoms with van der Waals surface area (Å²) in [7, 11) is 0. The molecular weight excluding hydrogens is 800 g/mol. The number of carboxylic acids is 1. The van der Waals surface area contributed by atoms with Crippen LogP contribution in [0.3, 0.4) is 0 Å². The SMILES string of the molecule is O=C(CCCc1ccccc1)N(Cc1cccc(-c2cccc(C(=O)N3CCC(CCCC4CCNCC4)CC3)c2)c1)Cc1cccc(-c2csnn2)c1.O=C(O)C(F)(F)F.